The number of hydrogen-bond donors (Lipinski definition) is 2. The van der Waals surface area contributed by atoms with E-state index in [1.165, 1.54) is 37.8 Å². The van der Waals surface area contributed by atoms with Crippen LogP contribution in [0.5, 0.6) is 0 Å². The second kappa shape index (κ2) is 8.52. The molecular formula is C20H32N4. The molecule has 0 heterocycles. The predicted molar refractivity (Wildman–Crippen MR) is 102 cm³/mol. The van der Waals surface area contributed by atoms with E-state index in [1.54, 1.807) is 0 Å². The number of hydrogen-bond acceptors (Lipinski definition) is 2. The van der Waals surface area contributed by atoms with Crippen LogP contribution < -0.4 is 10.6 Å². The number of nitrogens with zero attached hydrogens (tertiary/aromatic N) is 2. The summed E-state index contributed by atoms with van der Waals surface area (Å²) >= 11 is 0. The Morgan fingerprint density at radius 3 is 2.54 bits per heavy atom. The van der Waals surface area contributed by atoms with Gasteiger partial charge in [0.25, 0.3) is 0 Å². The molecule has 24 heavy (non-hydrogen) atoms. The molecule has 1 atom stereocenters. The molecule has 1 aromatic rings. The Morgan fingerprint density at radius 1 is 1.17 bits per heavy atom. The number of aliphatic imine (C=N–C) groups is 1. The summed E-state index contributed by atoms with van der Waals surface area (Å²) in [4.78, 5) is 7.05. The van der Waals surface area contributed by atoms with Crippen LogP contribution in [0.15, 0.2) is 35.3 Å². The normalized spacial score (nSPS) is 19.4. The third-order valence-electron chi connectivity index (χ3n) is 5.11. The van der Waals surface area contributed by atoms with Gasteiger partial charge >= 0.3 is 0 Å². The van der Waals surface area contributed by atoms with Crippen LogP contribution in [0.25, 0.3) is 0 Å². The molecule has 0 radical (unpaired) electrons. The van der Waals surface area contributed by atoms with Gasteiger partial charge < -0.3 is 10.6 Å². The average molecular weight is 329 g/mol. The van der Waals surface area contributed by atoms with E-state index in [2.05, 4.69) is 57.8 Å². The predicted octanol–water partition coefficient (Wildman–Crippen LogP) is 2.83. The van der Waals surface area contributed by atoms with E-state index in [0.29, 0.717) is 5.92 Å². The largest absolute Gasteiger partial charge is 0.356 e. The smallest absolute Gasteiger partial charge is 0.191 e. The van der Waals surface area contributed by atoms with Crippen LogP contribution in [-0.4, -0.2) is 50.1 Å². The van der Waals surface area contributed by atoms with Crippen LogP contribution in [-0.2, 0) is 0 Å². The SMILES string of the molecule is CN=C(NCCN(CC1CC1)C1CC1)NCC(C)c1ccccc1. The van der Waals surface area contributed by atoms with Crippen molar-refractivity contribution < 1.29 is 0 Å². The highest BCUT2D eigenvalue weighted by atomic mass is 15.2. The van der Waals surface area contributed by atoms with Crippen LogP contribution in [0.1, 0.15) is 44.1 Å². The molecule has 3 rings (SSSR count). The lowest BCUT2D eigenvalue weighted by Gasteiger charge is -2.23. The zero-order valence-electron chi connectivity index (χ0n) is 15.2. The van der Waals surface area contributed by atoms with Gasteiger partial charge in [-0.05, 0) is 43.1 Å². The van der Waals surface area contributed by atoms with Gasteiger partial charge in [-0.25, -0.2) is 0 Å². The molecule has 4 heteroatoms. The molecule has 0 aromatic heterocycles. The zero-order valence-corrected chi connectivity index (χ0v) is 15.2. The third kappa shape index (κ3) is 5.52. The van der Waals surface area contributed by atoms with Crippen molar-refractivity contribution in [2.24, 2.45) is 10.9 Å². The van der Waals surface area contributed by atoms with Crippen molar-refractivity contribution in [2.45, 2.75) is 44.6 Å². The Bertz CT molecular complexity index is 520. The van der Waals surface area contributed by atoms with Gasteiger partial charge in [-0.3, -0.25) is 9.89 Å². The first kappa shape index (κ1) is 17.3. The summed E-state index contributed by atoms with van der Waals surface area (Å²) in [5.41, 5.74) is 1.37. The molecule has 4 nitrogen and oxygen atoms in total. The van der Waals surface area contributed by atoms with E-state index in [9.17, 15) is 0 Å². The summed E-state index contributed by atoms with van der Waals surface area (Å²) in [5, 5.41) is 6.94. The number of rotatable bonds is 9. The minimum Gasteiger partial charge on any atom is -0.356 e. The number of benzene rings is 1. The average Bonchev–Trinajstić information content (AvgIpc) is 3.50. The lowest BCUT2D eigenvalue weighted by molar-refractivity contribution is 0.256. The molecule has 132 valence electrons. The van der Waals surface area contributed by atoms with Gasteiger partial charge in [-0.15, -0.1) is 0 Å². The Kier molecular flexibility index (Phi) is 6.13. The van der Waals surface area contributed by atoms with E-state index < -0.39 is 0 Å². The fourth-order valence-corrected chi connectivity index (χ4v) is 3.18. The number of guanidine groups is 1. The minimum atomic E-state index is 0.475. The molecule has 0 bridgehead atoms. The second-order valence-electron chi connectivity index (χ2n) is 7.36. The van der Waals surface area contributed by atoms with Crippen molar-refractivity contribution >= 4 is 5.96 Å². The maximum atomic E-state index is 4.36. The van der Waals surface area contributed by atoms with Crippen LogP contribution in [0, 0.1) is 5.92 Å². The van der Waals surface area contributed by atoms with Gasteiger partial charge in [0.1, 0.15) is 0 Å². The molecule has 2 N–H and O–H groups in total. The van der Waals surface area contributed by atoms with E-state index in [1.807, 2.05) is 7.05 Å². The van der Waals surface area contributed by atoms with Crippen LogP contribution in [0.4, 0.5) is 0 Å². The van der Waals surface area contributed by atoms with Gasteiger partial charge in [0.15, 0.2) is 5.96 Å². The Balaban J connectivity index is 1.36. The Labute approximate surface area is 146 Å². The summed E-state index contributed by atoms with van der Waals surface area (Å²) in [6, 6.07) is 11.5. The number of nitrogens with one attached hydrogen (secondary N) is 2. The molecule has 0 aliphatic heterocycles. The van der Waals surface area contributed by atoms with E-state index in [0.717, 1.165) is 37.6 Å². The molecule has 2 aliphatic carbocycles. The van der Waals surface area contributed by atoms with Crippen LogP contribution >= 0.6 is 0 Å². The highest BCUT2D eigenvalue weighted by Crippen LogP contribution is 2.34. The summed E-state index contributed by atoms with van der Waals surface area (Å²) < 4.78 is 0. The second-order valence-corrected chi connectivity index (χ2v) is 7.36. The van der Waals surface area contributed by atoms with Gasteiger partial charge in [0.2, 0.25) is 0 Å². The van der Waals surface area contributed by atoms with Crippen molar-refractivity contribution in [2.75, 3.05) is 33.2 Å². The maximum Gasteiger partial charge on any atom is 0.191 e. The quantitative estimate of drug-likeness (QED) is 0.541. The fraction of sp³-hybridized carbons (Fsp3) is 0.650. The first-order chi connectivity index (χ1) is 11.8. The Morgan fingerprint density at radius 2 is 1.92 bits per heavy atom. The fourth-order valence-electron chi connectivity index (χ4n) is 3.18. The minimum absolute atomic E-state index is 0.475. The summed E-state index contributed by atoms with van der Waals surface area (Å²) in [6.45, 7) is 6.57. The molecule has 1 aromatic carbocycles. The van der Waals surface area contributed by atoms with Gasteiger partial charge in [0, 0.05) is 39.3 Å². The molecule has 0 spiro atoms. The van der Waals surface area contributed by atoms with Crippen LogP contribution in [0.3, 0.4) is 0 Å². The van der Waals surface area contributed by atoms with E-state index >= 15 is 0 Å². The Hall–Kier alpha value is -1.55. The van der Waals surface area contributed by atoms with Crippen molar-refractivity contribution in [3.8, 4) is 0 Å². The molecule has 2 saturated carbocycles. The van der Waals surface area contributed by atoms with Crippen molar-refractivity contribution in [1.82, 2.24) is 15.5 Å². The lowest BCUT2D eigenvalue weighted by atomic mass is 10.0. The molecule has 0 saturated heterocycles. The lowest BCUT2D eigenvalue weighted by Crippen LogP contribution is -2.43. The van der Waals surface area contributed by atoms with Gasteiger partial charge in [-0.1, -0.05) is 37.3 Å². The summed E-state index contributed by atoms with van der Waals surface area (Å²) in [7, 11) is 1.85. The molecule has 2 aliphatic rings. The molecule has 2 fully saturated rings. The molecule has 1 unspecified atom stereocenters. The molecule has 0 amide bonds. The highest BCUT2D eigenvalue weighted by Gasteiger charge is 2.33. The van der Waals surface area contributed by atoms with E-state index in [-0.39, 0.29) is 0 Å². The van der Waals surface area contributed by atoms with Crippen molar-refractivity contribution in [3.63, 3.8) is 0 Å². The summed E-state index contributed by atoms with van der Waals surface area (Å²) in [6.07, 6.45) is 5.68. The van der Waals surface area contributed by atoms with Crippen molar-refractivity contribution in [3.05, 3.63) is 35.9 Å². The first-order valence-corrected chi connectivity index (χ1v) is 9.49. The topological polar surface area (TPSA) is 39.7 Å². The van der Waals surface area contributed by atoms with Crippen LogP contribution in [0.2, 0.25) is 0 Å². The highest BCUT2D eigenvalue weighted by molar-refractivity contribution is 5.79. The standard InChI is InChI=1S/C20H32N4/c1-16(18-6-4-3-5-7-18)14-23-20(21-2)22-12-13-24(19-10-11-19)15-17-8-9-17/h3-7,16-17,19H,8-15H2,1-2H3,(H2,21,22,23). The van der Waals surface area contributed by atoms with Gasteiger partial charge in [0.05, 0.1) is 0 Å². The zero-order chi connectivity index (χ0) is 16.8. The van der Waals surface area contributed by atoms with Crippen molar-refractivity contribution in [1.29, 1.82) is 0 Å². The van der Waals surface area contributed by atoms with Gasteiger partial charge in [-0.2, -0.15) is 0 Å². The third-order valence-corrected chi connectivity index (χ3v) is 5.11. The summed E-state index contributed by atoms with van der Waals surface area (Å²) in [5.74, 6) is 2.37. The molecular weight excluding hydrogens is 296 g/mol. The van der Waals surface area contributed by atoms with E-state index in [4.69, 9.17) is 0 Å². The first-order valence-electron chi connectivity index (χ1n) is 9.49. The maximum absolute atomic E-state index is 4.36. The monoisotopic (exact) mass is 328 g/mol.